The van der Waals surface area contributed by atoms with E-state index in [1.54, 1.807) is 0 Å². The fraction of sp³-hybridized carbons (Fsp3) is 1.00. The molecule has 0 aromatic carbocycles. The SMILES string of the molecule is CCC[Si](COCC1CO1)(OCC)OCC. The van der Waals surface area contributed by atoms with Crippen molar-refractivity contribution in [3.05, 3.63) is 0 Å². The second kappa shape index (κ2) is 7.40. The van der Waals surface area contributed by atoms with Gasteiger partial charge in [0.1, 0.15) is 6.10 Å². The minimum atomic E-state index is -2.11. The van der Waals surface area contributed by atoms with E-state index in [2.05, 4.69) is 6.92 Å². The van der Waals surface area contributed by atoms with Gasteiger partial charge in [-0.15, -0.1) is 0 Å². The van der Waals surface area contributed by atoms with E-state index in [1.165, 1.54) is 0 Å². The van der Waals surface area contributed by atoms with Crippen molar-refractivity contribution in [2.75, 3.05) is 32.7 Å². The molecule has 0 N–H and O–H groups in total. The summed E-state index contributed by atoms with van der Waals surface area (Å²) in [4.78, 5) is 0. The Bertz CT molecular complexity index is 168. The monoisotopic (exact) mass is 248 g/mol. The molecule has 1 rings (SSSR count). The van der Waals surface area contributed by atoms with Gasteiger partial charge in [-0.05, 0) is 19.9 Å². The van der Waals surface area contributed by atoms with Crippen LogP contribution in [-0.4, -0.2) is 47.3 Å². The lowest BCUT2D eigenvalue weighted by molar-refractivity contribution is 0.0955. The van der Waals surface area contributed by atoms with Crippen LogP contribution in [0.1, 0.15) is 27.2 Å². The Morgan fingerprint density at radius 3 is 2.25 bits per heavy atom. The van der Waals surface area contributed by atoms with Crippen molar-refractivity contribution in [3.63, 3.8) is 0 Å². The van der Waals surface area contributed by atoms with Gasteiger partial charge in [0, 0.05) is 13.2 Å². The van der Waals surface area contributed by atoms with Gasteiger partial charge < -0.3 is 18.3 Å². The average Bonchev–Trinajstić information content (AvgIpc) is 3.03. The number of ether oxygens (including phenoxy) is 2. The highest BCUT2D eigenvalue weighted by atomic mass is 28.4. The van der Waals surface area contributed by atoms with Crippen LogP contribution in [-0.2, 0) is 18.3 Å². The van der Waals surface area contributed by atoms with E-state index in [9.17, 15) is 0 Å². The zero-order chi connectivity index (χ0) is 11.9. The zero-order valence-electron chi connectivity index (χ0n) is 10.7. The highest BCUT2D eigenvalue weighted by Gasteiger charge is 2.37. The lowest BCUT2D eigenvalue weighted by Crippen LogP contribution is -2.47. The number of rotatable bonds is 10. The molecular weight excluding hydrogens is 224 g/mol. The summed E-state index contributed by atoms with van der Waals surface area (Å²) in [5.74, 6) is 0. The first-order valence-corrected chi connectivity index (χ1v) is 8.46. The molecule has 1 heterocycles. The third-order valence-corrected chi connectivity index (χ3v) is 6.01. The van der Waals surface area contributed by atoms with Gasteiger partial charge in [-0.3, -0.25) is 0 Å². The summed E-state index contributed by atoms with van der Waals surface area (Å²) in [5.41, 5.74) is 0. The van der Waals surface area contributed by atoms with E-state index < -0.39 is 8.56 Å². The minimum absolute atomic E-state index is 0.316. The van der Waals surface area contributed by atoms with Gasteiger partial charge in [-0.2, -0.15) is 0 Å². The summed E-state index contributed by atoms with van der Waals surface area (Å²) in [6.07, 6.45) is 2.02. The van der Waals surface area contributed by atoms with Crippen LogP contribution in [0.3, 0.4) is 0 Å². The fourth-order valence-electron chi connectivity index (χ4n) is 1.76. The summed E-state index contributed by atoms with van der Waals surface area (Å²) >= 11 is 0. The first-order valence-electron chi connectivity index (χ1n) is 6.23. The summed E-state index contributed by atoms with van der Waals surface area (Å²) in [7, 11) is -2.11. The lowest BCUT2D eigenvalue weighted by atomic mass is 10.5. The van der Waals surface area contributed by atoms with Crippen molar-refractivity contribution in [1.82, 2.24) is 0 Å². The number of epoxide rings is 1. The topological polar surface area (TPSA) is 40.2 Å². The van der Waals surface area contributed by atoms with Gasteiger partial charge in [0.25, 0.3) is 0 Å². The summed E-state index contributed by atoms with van der Waals surface area (Å²) < 4.78 is 22.5. The van der Waals surface area contributed by atoms with Crippen LogP contribution in [0.5, 0.6) is 0 Å². The molecule has 0 saturated carbocycles. The molecule has 0 spiro atoms. The Labute approximate surface area is 99.5 Å². The summed E-state index contributed by atoms with van der Waals surface area (Å²) in [6, 6.07) is 1.00. The van der Waals surface area contributed by atoms with Crippen molar-refractivity contribution in [2.24, 2.45) is 0 Å². The van der Waals surface area contributed by atoms with Gasteiger partial charge in [0.2, 0.25) is 0 Å². The van der Waals surface area contributed by atoms with Crippen LogP contribution in [0, 0.1) is 0 Å². The molecule has 0 radical (unpaired) electrons. The highest BCUT2D eigenvalue weighted by molar-refractivity contribution is 6.67. The molecule has 16 heavy (non-hydrogen) atoms. The van der Waals surface area contributed by atoms with Crippen molar-refractivity contribution in [1.29, 1.82) is 0 Å². The lowest BCUT2D eigenvalue weighted by Gasteiger charge is -2.29. The largest absolute Gasteiger partial charge is 0.393 e. The van der Waals surface area contributed by atoms with E-state index in [0.29, 0.717) is 32.2 Å². The Morgan fingerprint density at radius 2 is 1.81 bits per heavy atom. The van der Waals surface area contributed by atoms with Gasteiger partial charge >= 0.3 is 8.56 Å². The van der Waals surface area contributed by atoms with Gasteiger partial charge in [0.05, 0.1) is 19.4 Å². The maximum atomic E-state index is 5.86. The predicted octanol–water partition coefficient (Wildman–Crippen LogP) is 1.87. The molecule has 0 bridgehead atoms. The fourth-order valence-corrected chi connectivity index (χ4v) is 4.68. The first kappa shape index (κ1) is 14.1. The van der Waals surface area contributed by atoms with Crippen LogP contribution in [0.15, 0.2) is 0 Å². The van der Waals surface area contributed by atoms with E-state index in [1.807, 2.05) is 13.8 Å². The smallest absolute Gasteiger partial charge is 0.364 e. The molecule has 1 fully saturated rings. The van der Waals surface area contributed by atoms with Gasteiger partial charge in [0.15, 0.2) is 0 Å². The predicted molar refractivity (Wildman–Crippen MR) is 64.7 cm³/mol. The third kappa shape index (κ3) is 4.93. The normalized spacial score (nSPS) is 20.1. The number of hydrogen-bond acceptors (Lipinski definition) is 4. The molecule has 0 aromatic heterocycles. The molecule has 1 saturated heterocycles. The minimum Gasteiger partial charge on any atom is -0.393 e. The Morgan fingerprint density at radius 1 is 1.19 bits per heavy atom. The molecule has 1 aliphatic rings. The molecule has 1 aliphatic heterocycles. The molecule has 1 unspecified atom stereocenters. The molecule has 96 valence electrons. The van der Waals surface area contributed by atoms with E-state index >= 15 is 0 Å². The summed E-state index contributed by atoms with van der Waals surface area (Å²) in [5, 5.41) is 0. The van der Waals surface area contributed by atoms with Crippen LogP contribution in [0.4, 0.5) is 0 Å². The highest BCUT2D eigenvalue weighted by Crippen LogP contribution is 2.18. The van der Waals surface area contributed by atoms with Crippen molar-refractivity contribution in [3.8, 4) is 0 Å². The Balaban J connectivity index is 2.36. The van der Waals surface area contributed by atoms with E-state index in [4.69, 9.17) is 18.3 Å². The van der Waals surface area contributed by atoms with Crippen molar-refractivity contribution in [2.45, 2.75) is 39.3 Å². The second-order valence-electron chi connectivity index (χ2n) is 4.00. The molecule has 5 heteroatoms. The standard InChI is InChI=1S/C11H24O4Si/c1-4-7-16(14-5-2,15-6-3)10-12-8-11-9-13-11/h11H,4-10H2,1-3H3. The molecule has 4 nitrogen and oxygen atoms in total. The quantitative estimate of drug-likeness (QED) is 0.437. The van der Waals surface area contributed by atoms with Crippen LogP contribution >= 0.6 is 0 Å². The van der Waals surface area contributed by atoms with Crippen molar-refractivity contribution >= 4 is 8.56 Å². The van der Waals surface area contributed by atoms with Gasteiger partial charge in [-0.1, -0.05) is 13.3 Å². The van der Waals surface area contributed by atoms with Crippen LogP contribution in [0.2, 0.25) is 6.04 Å². The first-order chi connectivity index (χ1) is 7.76. The second-order valence-corrected chi connectivity index (χ2v) is 7.18. The zero-order valence-corrected chi connectivity index (χ0v) is 11.7. The molecule has 0 amide bonds. The Kier molecular flexibility index (Phi) is 6.53. The van der Waals surface area contributed by atoms with E-state index in [0.717, 1.165) is 19.1 Å². The maximum absolute atomic E-state index is 5.86. The average molecular weight is 248 g/mol. The number of hydrogen-bond donors (Lipinski definition) is 0. The van der Waals surface area contributed by atoms with Crippen LogP contribution in [0.25, 0.3) is 0 Å². The molecule has 1 atom stereocenters. The summed E-state index contributed by atoms with van der Waals surface area (Å²) in [6.45, 7) is 9.11. The maximum Gasteiger partial charge on any atom is 0.364 e. The molecule has 0 aliphatic carbocycles. The van der Waals surface area contributed by atoms with E-state index in [-0.39, 0.29) is 0 Å². The van der Waals surface area contributed by atoms with Crippen molar-refractivity contribution < 1.29 is 18.3 Å². The third-order valence-electron chi connectivity index (χ3n) is 2.47. The van der Waals surface area contributed by atoms with Gasteiger partial charge in [-0.25, -0.2) is 0 Å². The molecular formula is C11H24O4Si. The Hall–Kier alpha value is 0.0569. The van der Waals surface area contributed by atoms with Crippen LogP contribution < -0.4 is 0 Å². The molecule has 0 aromatic rings.